The molecule has 4 rings (SSSR count). The van der Waals surface area contributed by atoms with Gasteiger partial charge in [0, 0.05) is 37.3 Å². The van der Waals surface area contributed by atoms with Crippen LogP contribution >= 0.6 is 0 Å². The second kappa shape index (κ2) is 6.46. The van der Waals surface area contributed by atoms with Crippen LogP contribution in [0.2, 0.25) is 0 Å². The van der Waals surface area contributed by atoms with E-state index >= 15 is 0 Å². The summed E-state index contributed by atoms with van der Waals surface area (Å²) in [5.41, 5.74) is 4.42. The van der Waals surface area contributed by atoms with E-state index in [0.717, 1.165) is 59.4 Å². The Morgan fingerprint density at radius 2 is 1.88 bits per heavy atom. The molecule has 5 nitrogen and oxygen atoms in total. The molecule has 1 N–H and O–H groups in total. The van der Waals surface area contributed by atoms with E-state index in [4.69, 9.17) is 14.1 Å². The topological polar surface area (TPSA) is 50.5 Å². The molecule has 2 bridgehead atoms. The second-order valence-corrected chi connectivity index (χ2v) is 7.30. The zero-order valence-electron chi connectivity index (χ0n) is 15.6. The van der Waals surface area contributed by atoms with Gasteiger partial charge in [0.1, 0.15) is 11.5 Å². The van der Waals surface area contributed by atoms with Crippen LogP contribution in [-0.2, 0) is 6.54 Å². The first-order valence-electron chi connectivity index (χ1n) is 9.15. The molecule has 2 fully saturated rings. The molecule has 5 heteroatoms. The summed E-state index contributed by atoms with van der Waals surface area (Å²) < 4.78 is 11.5. The smallest absolute Gasteiger partial charge is 0.226 e. The summed E-state index contributed by atoms with van der Waals surface area (Å²) in [4.78, 5) is 7.47. The standard InChI is InChI=1S/C20H27N3O2/c1-12-13(2)19(24-4)8-7-17(12)20-22-18(14(3)25-20)11-23-15-5-6-16(23)10-21-9-15/h7-8,15-16,21H,5-6,9-11H2,1-4H3/t15-,16+. The molecule has 2 saturated heterocycles. The minimum atomic E-state index is 0.642. The zero-order valence-corrected chi connectivity index (χ0v) is 15.6. The molecule has 0 spiro atoms. The van der Waals surface area contributed by atoms with Gasteiger partial charge in [-0.25, -0.2) is 4.98 Å². The number of methoxy groups -OCH3 is 1. The minimum absolute atomic E-state index is 0.642. The fourth-order valence-electron chi connectivity index (χ4n) is 4.24. The number of fused-ring (bicyclic) bond motifs is 2. The van der Waals surface area contributed by atoms with Gasteiger partial charge in [-0.2, -0.15) is 0 Å². The molecule has 0 aliphatic carbocycles. The Morgan fingerprint density at radius 1 is 1.16 bits per heavy atom. The number of oxazole rings is 1. The van der Waals surface area contributed by atoms with Gasteiger partial charge in [-0.3, -0.25) is 4.90 Å². The molecular formula is C20H27N3O2. The third-order valence-corrected chi connectivity index (χ3v) is 5.94. The van der Waals surface area contributed by atoms with Crippen molar-refractivity contribution in [3.63, 3.8) is 0 Å². The van der Waals surface area contributed by atoms with Gasteiger partial charge in [0.25, 0.3) is 0 Å². The first kappa shape index (κ1) is 16.6. The van der Waals surface area contributed by atoms with Crippen LogP contribution in [0.25, 0.3) is 11.5 Å². The van der Waals surface area contributed by atoms with Crippen molar-refractivity contribution in [3.8, 4) is 17.2 Å². The van der Waals surface area contributed by atoms with Crippen molar-refractivity contribution in [3.05, 3.63) is 34.7 Å². The number of benzene rings is 1. The maximum absolute atomic E-state index is 6.05. The monoisotopic (exact) mass is 341 g/mol. The van der Waals surface area contributed by atoms with Gasteiger partial charge in [0.05, 0.1) is 12.8 Å². The highest BCUT2D eigenvalue weighted by Crippen LogP contribution is 2.33. The molecule has 3 heterocycles. The van der Waals surface area contributed by atoms with Gasteiger partial charge < -0.3 is 14.5 Å². The molecule has 25 heavy (non-hydrogen) atoms. The normalized spacial score (nSPS) is 23.2. The average Bonchev–Trinajstić information content (AvgIpc) is 3.05. The third kappa shape index (κ3) is 2.85. The number of aromatic nitrogens is 1. The fraction of sp³-hybridized carbons (Fsp3) is 0.550. The highest BCUT2D eigenvalue weighted by atomic mass is 16.5. The second-order valence-electron chi connectivity index (χ2n) is 7.30. The van der Waals surface area contributed by atoms with Gasteiger partial charge in [-0.05, 0) is 56.9 Å². The molecule has 0 radical (unpaired) electrons. The number of hydrogen-bond donors (Lipinski definition) is 1. The van der Waals surface area contributed by atoms with E-state index in [9.17, 15) is 0 Å². The molecular weight excluding hydrogens is 314 g/mol. The number of aryl methyl sites for hydroxylation is 1. The number of hydrogen-bond acceptors (Lipinski definition) is 5. The van der Waals surface area contributed by atoms with Crippen LogP contribution in [0.15, 0.2) is 16.5 Å². The van der Waals surface area contributed by atoms with E-state index in [-0.39, 0.29) is 0 Å². The zero-order chi connectivity index (χ0) is 17.6. The SMILES string of the molecule is COc1ccc(-c2nc(CN3[C@@H]4CC[C@H]3CNC4)c(C)o2)c(C)c1C. The summed E-state index contributed by atoms with van der Waals surface area (Å²) in [5, 5.41) is 3.54. The van der Waals surface area contributed by atoms with Crippen molar-refractivity contribution < 1.29 is 9.15 Å². The molecule has 0 saturated carbocycles. The van der Waals surface area contributed by atoms with Crippen molar-refractivity contribution >= 4 is 0 Å². The molecule has 2 aliphatic heterocycles. The van der Waals surface area contributed by atoms with Gasteiger partial charge >= 0.3 is 0 Å². The quantitative estimate of drug-likeness (QED) is 0.925. The molecule has 1 aromatic heterocycles. The van der Waals surface area contributed by atoms with Crippen molar-refractivity contribution in [2.24, 2.45) is 0 Å². The highest BCUT2D eigenvalue weighted by molar-refractivity contribution is 5.63. The maximum Gasteiger partial charge on any atom is 0.226 e. The molecule has 2 atom stereocenters. The Labute approximate surface area is 149 Å². The first-order chi connectivity index (χ1) is 12.1. The first-order valence-corrected chi connectivity index (χ1v) is 9.15. The number of nitrogens with one attached hydrogen (secondary N) is 1. The van der Waals surface area contributed by atoms with Crippen LogP contribution in [-0.4, -0.2) is 42.2 Å². The van der Waals surface area contributed by atoms with Crippen LogP contribution in [0.4, 0.5) is 0 Å². The molecule has 1 aromatic carbocycles. The Balaban J connectivity index is 1.62. The lowest BCUT2D eigenvalue weighted by Crippen LogP contribution is -2.51. The summed E-state index contributed by atoms with van der Waals surface area (Å²) in [6.07, 6.45) is 2.58. The summed E-state index contributed by atoms with van der Waals surface area (Å²) in [7, 11) is 1.70. The van der Waals surface area contributed by atoms with Crippen molar-refractivity contribution in [1.29, 1.82) is 0 Å². The largest absolute Gasteiger partial charge is 0.496 e. The Morgan fingerprint density at radius 3 is 2.56 bits per heavy atom. The van der Waals surface area contributed by atoms with E-state index < -0.39 is 0 Å². The maximum atomic E-state index is 6.05. The Kier molecular flexibility index (Phi) is 4.29. The molecule has 0 unspecified atom stereocenters. The lowest BCUT2D eigenvalue weighted by atomic mass is 10.0. The number of nitrogens with zero attached hydrogens (tertiary/aromatic N) is 2. The van der Waals surface area contributed by atoms with Gasteiger partial charge in [-0.15, -0.1) is 0 Å². The van der Waals surface area contributed by atoms with Crippen LogP contribution < -0.4 is 10.1 Å². The fourth-order valence-corrected chi connectivity index (χ4v) is 4.24. The van der Waals surface area contributed by atoms with Crippen molar-refractivity contribution in [2.45, 2.75) is 52.2 Å². The molecule has 0 amide bonds. The van der Waals surface area contributed by atoms with Crippen LogP contribution in [0.5, 0.6) is 5.75 Å². The van der Waals surface area contributed by atoms with Crippen molar-refractivity contribution in [2.75, 3.05) is 20.2 Å². The van der Waals surface area contributed by atoms with E-state index in [1.165, 1.54) is 12.8 Å². The lowest BCUT2D eigenvalue weighted by Gasteiger charge is -2.34. The van der Waals surface area contributed by atoms with Crippen molar-refractivity contribution in [1.82, 2.24) is 15.2 Å². The molecule has 2 aliphatic rings. The number of rotatable bonds is 4. The summed E-state index contributed by atoms with van der Waals surface area (Å²) >= 11 is 0. The van der Waals surface area contributed by atoms with Crippen LogP contribution in [0.3, 0.4) is 0 Å². The summed E-state index contributed by atoms with van der Waals surface area (Å²) in [6, 6.07) is 5.32. The van der Waals surface area contributed by atoms with Crippen LogP contribution in [0, 0.1) is 20.8 Å². The average molecular weight is 341 g/mol. The van der Waals surface area contributed by atoms with Gasteiger partial charge in [-0.1, -0.05) is 0 Å². The third-order valence-electron chi connectivity index (χ3n) is 5.94. The van der Waals surface area contributed by atoms with E-state index in [2.05, 4.69) is 24.1 Å². The number of ether oxygens (including phenoxy) is 1. The molecule has 134 valence electrons. The van der Waals surface area contributed by atoms with E-state index in [0.29, 0.717) is 12.1 Å². The number of piperazine rings is 1. The van der Waals surface area contributed by atoms with Crippen LogP contribution in [0.1, 0.15) is 35.4 Å². The predicted molar refractivity (Wildman–Crippen MR) is 97.9 cm³/mol. The summed E-state index contributed by atoms with van der Waals surface area (Å²) in [6.45, 7) is 9.28. The lowest BCUT2D eigenvalue weighted by molar-refractivity contribution is 0.143. The predicted octanol–water partition coefficient (Wildman–Crippen LogP) is 3.21. The highest BCUT2D eigenvalue weighted by Gasteiger charge is 2.37. The van der Waals surface area contributed by atoms with E-state index in [1.807, 2.05) is 19.1 Å². The Bertz CT molecular complexity index is 767. The van der Waals surface area contributed by atoms with Gasteiger partial charge in [0.2, 0.25) is 5.89 Å². The minimum Gasteiger partial charge on any atom is -0.496 e. The van der Waals surface area contributed by atoms with E-state index in [1.54, 1.807) is 7.11 Å². The summed E-state index contributed by atoms with van der Waals surface area (Å²) in [5.74, 6) is 2.56. The molecule has 2 aromatic rings. The Hall–Kier alpha value is -1.85. The van der Waals surface area contributed by atoms with Gasteiger partial charge in [0.15, 0.2) is 0 Å².